The summed E-state index contributed by atoms with van der Waals surface area (Å²) >= 11 is 0. The van der Waals surface area contributed by atoms with Crippen LogP contribution in [0.15, 0.2) is 54.6 Å². The van der Waals surface area contributed by atoms with Gasteiger partial charge in [-0.1, -0.05) is 30.3 Å². The molecule has 0 saturated carbocycles. The van der Waals surface area contributed by atoms with Gasteiger partial charge in [-0.25, -0.2) is 0 Å². The van der Waals surface area contributed by atoms with Crippen molar-refractivity contribution in [3.05, 3.63) is 60.2 Å². The van der Waals surface area contributed by atoms with Crippen molar-refractivity contribution in [2.24, 2.45) is 0 Å². The summed E-state index contributed by atoms with van der Waals surface area (Å²) in [6.07, 6.45) is 0. The van der Waals surface area contributed by atoms with Gasteiger partial charge in [0.2, 0.25) is 0 Å². The second-order valence-electron chi connectivity index (χ2n) is 5.80. The first kappa shape index (κ1) is 14.5. The first-order valence-corrected chi connectivity index (χ1v) is 7.45. The number of benzene rings is 3. The molecule has 0 atom stereocenters. The lowest BCUT2D eigenvalue weighted by atomic mass is 9.97. The lowest BCUT2D eigenvalue weighted by Crippen LogP contribution is -2.09. The van der Waals surface area contributed by atoms with E-state index in [0.717, 1.165) is 11.3 Å². The predicted molar refractivity (Wildman–Crippen MR) is 95.0 cm³/mol. The fourth-order valence-corrected chi connectivity index (χ4v) is 2.87. The minimum Gasteiger partial charge on any atom is -0.496 e. The third-order valence-electron chi connectivity index (χ3n) is 4.04. The van der Waals surface area contributed by atoms with Crippen LogP contribution in [0.5, 0.6) is 5.75 Å². The van der Waals surface area contributed by atoms with Gasteiger partial charge in [-0.3, -0.25) is 0 Å². The van der Waals surface area contributed by atoms with Crippen LogP contribution in [0.2, 0.25) is 0 Å². The van der Waals surface area contributed by atoms with Gasteiger partial charge < -0.3 is 9.64 Å². The molecule has 0 heterocycles. The molecule has 0 amide bonds. The molecule has 0 aromatic heterocycles. The number of ether oxygens (including phenoxy) is 1. The summed E-state index contributed by atoms with van der Waals surface area (Å²) in [6.45, 7) is 2.09. The van der Waals surface area contributed by atoms with E-state index >= 15 is 0 Å². The third-order valence-corrected chi connectivity index (χ3v) is 4.04. The molecular weight excluding hydrogens is 270 g/mol. The van der Waals surface area contributed by atoms with Crippen molar-refractivity contribution in [2.45, 2.75) is 6.92 Å². The first-order chi connectivity index (χ1) is 10.6. The maximum Gasteiger partial charge on any atom is 0.122 e. The number of aryl methyl sites for hydroxylation is 1. The Bertz CT molecular complexity index is 807. The van der Waals surface area contributed by atoms with Crippen molar-refractivity contribution in [2.75, 3.05) is 26.1 Å². The molecule has 0 N–H and O–H groups in total. The summed E-state index contributed by atoms with van der Waals surface area (Å²) in [7, 11) is 5.90. The van der Waals surface area contributed by atoms with Gasteiger partial charge in [0.1, 0.15) is 5.75 Å². The standard InChI is InChI=1S/C20H21NO/c1-14-10-18-17(13-20(14)22-4)11-16(12-19(18)21(2)3)15-8-6-5-7-9-15/h5-13H,1-4H3. The molecule has 0 aliphatic heterocycles. The van der Waals surface area contributed by atoms with Crippen LogP contribution in [-0.4, -0.2) is 21.2 Å². The van der Waals surface area contributed by atoms with Crippen molar-refractivity contribution < 1.29 is 4.74 Å². The predicted octanol–water partition coefficient (Wildman–Crippen LogP) is 4.89. The van der Waals surface area contributed by atoms with Crippen LogP contribution in [0, 0.1) is 6.92 Å². The van der Waals surface area contributed by atoms with Crippen LogP contribution < -0.4 is 9.64 Å². The fraction of sp³-hybridized carbons (Fsp3) is 0.200. The van der Waals surface area contributed by atoms with Crippen LogP contribution in [0.25, 0.3) is 21.9 Å². The number of hydrogen-bond donors (Lipinski definition) is 0. The second kappa shape index (κ2) is 5.72. The number of hydrogen-bond acceptors (Lipinski definition) is 2. The Kier molecular flexibility index (Phi) is 3.76. The molecule has 22 heavy (non-hydrogen) atoms. The third kappa shape index (κ3) is 2.52. The molecule has 3 aromatic carbocycles. The first-order valence-electron chi connectivity index (χ1n) is 7.45. The van der Waals surface area contributed by atoms with Gasteiger partial charge in [-0.05, 0) is 53.3 Å². The summed E-state index contributed by atoms with van der Waals surface area (Å²) < 4.78 is 5.49. The van der Waals surface area contributed by atoms with Gasteiger partial charge in [-0.15, -0.1) is 0 Å². The molecule has 3 rings (SSSR count). The molecule has 3 aromatic rings. The van der Waals surface area contributed by atoms with Crippen molar-refractivity contribution in [3.63, 3.8) is 0 Å². The summed E-state index contributed by atoms with van der Waals surface area (Å²) in [6, 6.07) is 19.3. The zero-order valence-corrected chi connectivity index (χ0v) is 13.6. The molecule has 0 spiro atoms. The smallest absolute Gasteiger partial charge is 0.122 e. The van der Waals surface area contributed by atoms with Crippen LogP contribution in [0.3, 0.4) is 0 Å². The van der Waals surface area contributed by atoms with E-state index in [1.807, 2.05) is 6.07 Å². The lowest BCUT2D eigenvalue weighted by Gasteiger charge is -2.19. The monoisotopic (exact) mass is 291 g/mol. The summed E-state index contributed by atoms with van der Waals surface area (Å²) in [4.78, 5) is 2.17. The summed E-state index contributed by atoms with van der Waals surface area (Å²) in [5.41, 5.74) is 4.84. The SMILES string of the molecule is COc1cc2cc(-c3ccccc3)cc(N(C)C)c2cc1C. The van der Waals surface area contributed by atoms with Gasteiger partial charge >= 0.3 is 0 Å². The maximum absolute atomic E-state index is 5.49. The number of nitrogens with zero attached hydrogens (tertiary/aromatic N) is 1. The molecule has 0 aliphatic rings. The quantitative estimate of drug-likeness (QED) is 0.681. The highest BCUT2D eigenvalue weighted by Crippen LogP contribution is 2.35. The zero-order chi connectivity index (χ0) is 15.7. The Morgan fingerprint density at radius 1 is 0.864 bits per heavy atom. The summed E-state index contributed by atoms with van der Waals surface area (Å²) in [5, 5.41) is 2.45. The van der Waals surface area contributed by atoms with Crippen molar-refractivity contribution in [1.29, 1.82) is 0 Å². The molecular formula is C20H21NO. The van der Waals surface area contributed by atoms with Crippen LogP contribution in [0.1, 0.15) is 5.56 Å². The highest BCUT2D eigenvalue weighted by atomic mass is 16.5. The average Bonchev–Trinajstić information content (AvgIpc) is 2.54. The summed E-state index contributed by atoms with van der Waals surface area (Å²) in [5.74, 6) is 0.933. The van der Waals surface area contributed by atoms with E-state index in [0.29, 0.717) is 0 Å². The van der Waals surface area contributed by atoms with Crippen molar-refractivity contribution in [1.82, 2.24) is 0 Å². The van der Waals surface area contributed by atoms with Gasteiger partial charge in [-0.2, -0.15) is 0 Å². The average molecular weight is 291 g/mol. The maximum atomic E-state index is 5.49. The van der Waals surface area contributed by atoms with Crippen LogP contribution in [-0.2, 0) is 0 Å². The van der Waals surface area contributed by atoms with Gasteiger partial charge in [0.15, 0.2) is 0 Å². The minimum absolute atomic E-state index is 0.933. The number of rotatable bonds is 3. The Labute approximate surface area is 132 Å². The topological polar surface area (TPSA) is 12.5 Å². The van der Waals surface area contributed by atoms with Gasteiger partial charge in [0, 0.05) is 25.2 Å². The molecule has 2 heteroatoms. The van der Waals surface area contributed by atoms with Crippen molar-refractivity contribution in [3.8, 4) is 16.9 Å². The van der Waals surface area contributed by atoms with Gasteiger partial charge in [0.05, 0.1) is 7.11 Å². The molecule has 112 valence electrons. The van der Waals surface area contributed by atoms with Crippen molar-refractivity contribution >= 4 is 16.5 Å². The highest BCUT2D eigenvalue weighted by Gasteiger charge is 2.10. The fourth-order valence-electron chi connectivity index (χ4n) is 2.87. The van der Waals surface area contributed by atoms with E-state index < -0.39 is 0 Å². The van der Waals surface area contributed by atoms with Crippen LogP contribution >= 0.6 is 0 Å². The molecule has 0 radical (unpaired) electrons. The van der Waals surface area contributed by atoms with E-state index in [-0.39, 0.29) is 0 Å². The zero-order valence-electron chi connectivity index (χ0n) is 13.6. The number of fused-ring (bicyclic) bond motifs is 1. The minimum atomic E-state index is 0.933. The molecule has 0 saturated heterocycles. The van der Waals surface area contributed by atoms with E-state index in [1.54, 1.807) is 7.11 Å². The molecule has 0 fully saturated rings. The molecule has 0 unspecified atom stereocenters. The molecule has 0 aliphatic carbocycles. The number of methoxy groups -OCH3 is 1. The normalized spacial score (nSPS) is 10.7. The van der Waals surface area contributed by atoms with E-state index in [4.69, 9.17) is 4.74 Å². The van der Waals surface area contributed by atoms with Gasteiger partial charge in [0.25, 0.3) is 0 Å². The van der Waals surface area contributed by atoms with E-state index in [9.17, 15) is 0 Å². The van der Waals surface area contributed by atoms with Crippen LogP contribution in [0.4, 0.5) is 5.69 Å². The second-order valence-corrected chi connectivity index (χ2v) is 5.80. The highest BCUT2D eigenvalue weighted by molar-refractivity contribution is 5.99. The lowest BCUT2D eigenvalue weighted by molar-refractivity contribution is 0.412. The Morgan fingerprint density at radius 2 is 1.59 bits per heavy atom. The Balaban J connectivity index is 2.31. The van der Waals surface area contributed by atoms with E-state index in [1.165, 1.54) is 27.6 Å². The molecule has 0 bridgehead atoms. The Hall–Kier alpha value is -2.48. The molecule has 2 nitrogen and oxygen atoms in total. The largest absolute Gasteiger partial charge is 0.496 e. The van der Waals surface area contributed by atoms with E-state index in [2.05, 4.69) is 74.4 Å². The Morgan fingerprint density at radius 3 is 2.23 bits per heavy atom. The number of anilines is 1.